The van der Waals surface area contributed by atoms with Crippen LogP contribution in [-0.4, -0.2) is 7.05 Å². The summed E-state index contributed by atoms with van der Waals surface area (Å²) in [4.78, 5) is 0. The van der Waals surface area contributed by atoms with E-state index in [2.05, 4.69) is 29.6 Å². The molecule has 2 rings (SSSR count). The first kappa shape index (κ1) is 11.2. The lowest BCUT2D eigenvalue weighted by Gasteiger charge is -2.03. The Labute approximate surface area is 101 Å². The van der Waals surface area contributed by atoms with E-state index in [4.69, 9.17) is 11.6 Å². The average molecular weight is 231 g/mol. The standard InChI is InChI=1S/C14H13ClN/c1-16-10-11-2-4-12(5-3-11)13-6-8-14(15)9-7-13/h2-9H,10H2,1H3. The Balaban J connectivity index is 2.24. The highest BCUT2D eigenvalue weighted by Crippen LogP contribution is 2.21. The van der Waals surface area contributed by atoms with Gasteiger partial charge >= 0.3 is 0 Å². The Morgan fingerprint density at radius 2 is 1.38 bits per heavy atom. The molecule has 81 valence electrons. The van der Waals surface area contributed by atoms with Crippen LogP contribution in [-0.2, 0) is 6.54 Å². The van der Waals surface area contributed by atoms with E-state index in [1.54, 1.807) is 0 Å². The topological polar surface area (TPSA) is 14.1 Å². The number of halogens is 1. The molecule has 0 bridgehead atoms. The van der Waals surface area contributed by atoms with Crippen molar-refractivity contribution in [2.75, 3.05) is 7.05 Å². The molecule has 0 spiro atoms. The third kappa shape index (κ3) is 2.63. The number of hydrogen-bond donors (Lipinski definition) is 0. The molecule has 0 amide bonds. The molecule has 2 aromatic carbocycles. The van der Waals surface area contributed by atoms with Crippen molar-refractivity contribution >= 4 is 11.6 Å². The summed E-state index contributed by atoms with van der Waals surface area (Å²) in [6, 6.07) is 16.3. The van der Waals surface area contributed by atoms with Crippen LogP contribution < -0.4 is 5.32 Å². The molecule has 0 aliphatic rings. The molecule has 0 atom stereocenters. The van der Waals surface area contributed by atoms with Gasteiger partial charge in [-0.2, -0.15) is 0 Å². The first-order chi connectivity index (χ1) is 7.79. The zero-order chi connectivity index (χ0) is 11.4. The van der Waals surface area contributed by atoms with E-state index in [1.165, 1.54) is 16.7 Å². The van der Waals surface area contributed by atoms with E-state index >= 15 is 0 Å². The molecule has 0 saturated carbocycles. The molecule has 0 aliphatic heterocycles. The summed E-state index contributed by atoms with van der Waals surface area (Å²) < 4.78 is 0. The smallest absolute Gasteiger partial charge is 0.0406 e. The van der Waals surface area contributed by atoms with E-state index in [-0.39, 0.29) is 0 Å². The quantitative estimate of drug-likeness (QED) is 0.763. The van der Waals surface area contributed by atoms with Crippen LogP contribution in [0.5, 0.6) is 0 Å². The largest absolute Gasteiger partial charge is 0.240 e. The molecule has 2 heteroatoms. The van der Waals surface area contributed by atoms with Crippen LogP contribution in [0.25, 0.3) is 11.1 Å². The summed E-state index contributed by atoms with van der Waals surface area (Å²) >= 11 is 5.85. The number of rotatable bonds is 3. The summed E-state index contributed by atoms with van der Waals surface area (Å²) in [5.74, 6) is 0. The average Bonchev–Trinajstić information content (AvgIpc) is 2.32. The van der Waals surface area contributed by atoms with E-state index in [1.807, 2.05) is 31.3 Å². The zero-order valence-corrected chi connectivity index (χ0v) is 9.91. The minimum atomic E-state index is 0.769. The van der Waals surface area contributed by atoms with E-state index in [9.17, 15) is 0 Å². The van der Waals surface area contributed by atoms with Crippen LogP contribution in [0.3, 0.4) is 0 Å². The van der Waals surface area contributed by atoms with Crippen molar-refractivity contribution < 1.29 is 0 Å². The lowest BCUT2D eigenvalue weighted by molar-refractivity contribution is 0.800. The van der Waals surface area contributed by atoms with Crippen LogP contribution in [0.2, 0.25) is 5.02 Å². The zero-order valence-electron chi connectivity index (χ0n) is 9.15. The van der Waals surface area contributed by atoms with Gasteiger partial charge in [0.1, 0.15) is 0 Å². The molecule has 0 unspecified atom stereocenters. The fraction of sp³-hybridized carbons (Fsp3) is 0.143. The maximum Gasteiger partial charge on any atom is 0.0406 e. The highest BCUT2D eigenvalue weighted by atomic mass is 35.5. The summed E-state index contributed by atoms with van der Waals surface area (Å²) in [7, 11) is 1.83. The van der Waals surface area contributed by atoms with Crippen molar-refractivity contribution in [3.8, 4) is 11.1 Å². The van der Waals surface area contributed by atoms with Gasteiger partial charge < -0.3 is 0 Å². The molecular formula is C14H13ClN. The van der Waals surface area contributed by atoms with Gasteiger partial charge in [0.25, 0.3) is 0 Å². The predicted molar refractivity (Wildman–Crippen MR) is 68.7 cm³/mol. The molecular weight excluding hydrogens is 218 g/mol. The second-order valence-electron chi connectivity index (χ2n) is 3.68. The molecule has 0 fully saturated rings. The highest BCUT2D eigenvalue weighted by molar-refractivity contribution is 6.30. The van der Waals surface area contributed by atoms with Crippen LogP contribution in [0.1, 0.15) is 5.56 Å². The fourth-order valence-corrected chi connectivity index (χ4v) is 1.75. The van der Waals surface area contributed by atoms with E-state index in [0.717, 1.165) is 11.6 Å². The van der Waals surface area contributed by atoms with E-state index < -0.39 is 0 Å². The summed E-state index contributed by atoms with van der Waals surface area (Å²) in [5.41, 5.74) is 3.63. The normalized spacial score (nSPS) is 10.4. The van der Waals surface area contributed by atoms with Gasteiger partial charge in [0.05, 0.1) is 0 Å². The molecule has 0 saturated heterocycles. The molecule has 0 heterocycles. The van der Waals surface area contributed by atoms with Gasteiger partial charge in [-0.3, -0.25) is 0 Å². The Morgan fingerprint density at radius 3 is 1.88 bits per heavy atom. The van der Waals surface area contributed by atoms with Gasteiger partial charge in [0.2, 0.25) is 0 Å². The second kappa shape index (κ2) is 5.15. The fourth-order valence-electron chi connectivity index (χ4n) is 1.63. The van der Waals surface area contributed by atoms with Crippen molar-refractivity contribution in [3.05, 3.63) is 59.1 Å². The molecule has 0 aliphatic carbocycles. The minimum absolute atomic E-state index is 0.769. The summed E-state index contributed by atoms with van der Waals surface area (Å²) in [5, 5.41) is 4.87. The van der Waals surface area contributed by atoms with Crippen molar-refractivity contribution in [1.29, 1.82) is 0 Å². The molecule has 16 heavy (non-hydrogen) atoms. The van der Waals surface area contributed by atoms with Gasteiger partial charge in [0, 0.05) is 18.6 Å². The molecule has 0 N–H and O–H groups in total. The third-order valence-corrected chi connectivity index (χ3v) is 2.72. The van der Waals surface area contributed by atoms with Gasteiger partial charge in [-0.15, -0.1) is 0 Å². The monoisotopic (exact) mass is 230 g/mol. The molecule has 2 aromatic rings. The number of benzene rings is 2. The SMILES string of the molecule is C[N]Cc1ccc(-c2ccc(Cl)cc2)cc1. The Morgan fingerprint density at radius 1 is 0.875 bits per heavy atom. The van der Waals surface area contributed by atoms with E-state index in [0.29, 0.717) is 0 Å². The number of nitrogens with zero attached hydrogens (tertiary/aromatic N) is 1. The highest BCUT2D eigenvalue weighted by Gasteiger charge is 1.97. The Kier molecular flexibility index (Phi) is 3.60. The van der Waals surface area contributed by atoms with Gasteiger partial charge in [-0.05, 0) is 28.8 Å². The molecule has 1 radical (unpaired) electrons. The van der Waals surface area contributed by atoms with Crippen molar-refractivity contribution in [2.24, 2.45) is 0 Å². The third-order valence-electron chi connectivity index (χ3n) is 2.47. The maximum absolute atomic E-state index is 5.85. The number of hydrogen-bond acceptors (Lipinski definition) is 0. The van der Waals surface area contributed by atoms with Crippen molar-refractivity contribution in [3.63, 3.8) is 0 Å². The Hall–Kier alpha value is -1.31. The van der Waals surface area contributed by atoms with Gasteiger partial charge in [0.15, 0.2) is 0 Å². The Bertz CT molecular complexity index is 445. The van der Waals surface area contributed by atoms with Crippen molar-refractivity contribution in [2.45, 2.75) is 6.54 Å². The summed E-state index contributed by atoms with van der Waals surface area (Å²) in [6.07, 6.45) is 0. The minimum Gasteiger partial charge on any atom is -0.240 e. The van der Waals surface area contributed by atoms with Crippen LogP contribution in [0.4, 0.5) is 0 Å². The van der Waals surface area contributed by atoms with Crippen LogP contribution >= 0.6 is 11.6 Å². The second-order valence-corrected chi connectivity index (χ2v) is 4.11. The van der Waals surface area contributed by atoms with Crippen molar-refractivity contribution in [1.82, 2.24) is 5.32 Å². The van der Waals surface area contributed by atoms with Gasteiger partial charge in [-0.25, -0.2) is 5.32 Å². The van der Waals surface area contributed by atoms with Gasteiger partial charge in [-0.1, -0.05) is 48.0 Å². The lowest BCUT2D eigenvalue weighted by atomic mass is 10.0. The van der Waals surface area contributed by atoms with Crippen LogP contribution in [0.15, 0.2) is 48.5 Å². The van der Waals surface area contributed by atoms with Crippen LogP contribution in [0, 0.1) is 0 Å². The first-order valence-electron chi connectivity index (χ1n) is 5.20. The first-order valence-corrected chi connectivity index (χ1v) is 5.58. The maximum atomic E-state index is 5.85. The lowest BCUT2D eigenvalue weighted by Crippen LogP contribution is -1.96. The molecule has 1 nitrogen and oxygen atoms in total. The molecule has 0 aromatic heterocycles. The summed E-state index contributed by atoms with van der Waals surface area (Å²) in [6.45, 7) is 0.779. The predicted octanol–water partition coefficient (Wildman–Crippen LogP) is 3.74.